The van der Waals surface area contributed by atoms with E-state index in [1.807, 2.05) is 12.1 Å². The van der Waals surface area contributed by atoms with Crippen LogP contribution in [0.1, 0.15) is 45.2 Å². The molecule has 1 aliphatic rings. The van der Waals surface area contributed by atoms with Crippen LogP contribution in [0.25, 0.3) is 0 Å². The largest absolute Gasteiger partial charge is 0.326 e. The molecule has 1 fully saturated rings. The van der Waals surface area contributed by atoms with Crippen LogP contribution in [0.3, 0.4) is 0 Å². The van der Waals surface area contributed by atoms with Crippen molar-refractivity contribution in [3.63, 3.8) is 0 Å². The van der Waals surface area contributed by atoms with E-state index in [1.165, 1.54) is 5.56 Å². The molecule has 3 heteroatoms. The maximum absolute atomic E-state index is 11.9. The molecule has 3 atom stereocenters. The Morgan fingerprint density at radius 1 is 1.47 bits per heavy atom. The Balaban J connectivity index is 1.96. The van der Waals surface area contributed by atoms with Gasteiger partial charge in [-0.15, -0.1) is 0 Å². The molecule has 1 amide bonds. The number of amides is 1. The molecule has 1 aromatic carbocycles. The SMILES string of the molecule is CCCNC(C)c1cccc(NC(=O)C2CC2C)c1. The molecule has 1 aromatic rings. The van der Waals surface area contributed by atoms with Gasteiger partial charge in [0.05, 0.1) is 0 Å². The number of carbonyl (C=O) groups excluding carboxylic acids is 1. The highest BCUT2D eigenvalue weighted by Gasteiger charge is 2.39. The van der Waals surface area contributed by atoms with Crippen LogP contribution in [0, 0.1) is 11.8 Å². The zero-order valence-corrected chi connectivity index (χ0v) is 12.1. The van der Waals surface area contributed by atoms with E-state index in [-0.39, 0.29) is 11.8 Å². The van der Waals surface area contributed by atoms with Gasteiger partial charge in [0, 0.05) is 17.6 Å². The van der Waals surface area contributed by atoms with Crippen LogP contribution in [0.4, 0.5) is 5.69 Å². The van der Waals surface area contributed by atoms with Gasteiger partial charge in [0.15, 0.2) is 0 Å². The Hall–Kier alpha value is -1.35. The molecule has 0 aliphatic heterocycles. The standard InChI is InChI=1S/C16H24N2O/c1-4-8-17-12(3)13-6-5-7-14(10-13)18-16(19)15-9-11(15)2/h5-7,10-12,15,17H,4,8-9H2,1-3H3,(H,18,19). The molecule has 0 bridgehead atoms. The lowest BCUT2D eigenvalue weighted by atomic mass is 10.1. The van der Waals surface area contributed by atoms with Gasteiger partial charge in [-0.25, -0.2) is 0 Å². The minimum Gasteiger partial charge on any atom is -0.326 e. The summed E-state index contributed by atoms with van der Waals surface area (Å²) in [6, 6.07) is 8.45. The highest BCUT2D eigenvalue weighted by Crippen LogP contribution is 2.38. The Morgan fingerprint density at radius 2 is 2.21 bits per heavy atom. The fourth-order valence-electron chi connectivity index (χ4n) is 2.29. The summed E-state index contributed by atoms with van der Waals surface area (Å²) in [6.45, 7) is 7.45. The third-order valence-corrected chi connectivity index (χ3v) is 3.80. The van der Waals surface area contributed by atoms with Crippen LogP contribution in [-0.2, 0) is 4.79 Å². The molecule has 0 heterocycles. The minimum absolute atomic E-state index is 0.166. The minimum atomic E-state index is 0.166. The normalized spacial score (nSPS) is 22.9. The van der Waals surface area contributed by atoms with Crippen LogP contribution >= 0.6 is 0 Å². The molecule has 19 heavy (non-hydrogen) atoms. The maximum atomic E-state index is 11.9. The second-order valence-corrected chi connectivity index (χ2v) is 5.61. The monoisotopic (exact) mass is 260 g/mol. The summed E-state index contributed by atoms with van der Waals surface area (Å²) in [6.07, 6.45) is 2.15. The second kappa shape index (κ2) is 6.20. The van der Waals surface area contributed by atoms with E-state index in [2.05, 4.69) is 43.5 Å². The van der Waals surface area contributed by atoms with E-state index in [0.717, 1.165) is 25.1 Å². The van der Waals surface area contributed by atoms with Crippen molar-refractivity contribution in [2.75, 3.05) is 11.9 Å². The van der Waals surface area contributed by atoms with Crippen molar-refractivity contribution < 1.29 is 4.79 Å². The number of carbonyl (C=O) groups is 1. The first kappa shape index (κ1) is 14.1. The summed E-state index contributed by atoms with van der Waals surface area (Å²) in [5.41, 5.74) is 2.13. The molecule has 2 N–H and O–H groups in total. The van der Waals surface area contributed by atoms with Crippen molar-refractivity contribution >= 4 is 11.6 Å². The number of benzene rings is 1. The van der Waals surface area contributed by atoms with Crippen molar-refractivity contribution in [2.24, 2.45) is 11.8 Å². The highest BCUT2D eigenvalue weighted by molar-refractivity contribution is 5.94. The second-order valence-electron chi connectivity index (χ2n) is 5.61. The molecule has 0 spiro atoms. The Labute approximate surface area is 115 Å². The van der Waals surface area contributed by atoms with Gasteiger partial charge in [0.25, 0.3) is 0 Å². The lowest BCUT2D eigenvalue weighted by Gasteiger charge is -2.15. The van der Waals surface area contributed by atoms with Crippen molar-refractivity contribution in [1.82, 2.24) is 5.32 Å². The van der Waals surface area contributed by atoms with Crippen molar-refractivity contribution in [3.05, 3.63) is 29.8 Å². The predicted octanol–water partition coefficient (Wildman–Crippen LogP) is 3.34. The van der Waals surface area contributed by atoms with Gasteiger partial charge in [-0.1, -0.05) is 26.0 Å². The first-order valence-corrected chi connectivity index (χ1v) is 7.26. The molecule has 0 saturated heterocycles. The van der Waals surface area contributed by atoms with E-state index < -0.39 is 0 Å². The Bertz CT molecular complexity index is 444. The zero-order valence-electron chi connectivity index (χ0n) is 12.1. The van der Waals surface area contributed by atoms with Crippen molar-refractivity contribution in [1.29, 1.82) is 0 Å². The van der Waals surface area contributed by atoms with E-state index in [4.69, 9.17) is 0 Å². The first-order chi connectivity index (χ1) is 9.11. The number of hydrogen-bond donors (Lipinski definition) is 2. The average molecular weight is 260 g/mol. The third-order valence-electron chi connectivity index (χ3n) is 3.80. The van der Waals surface area contributed by atoms with Crippen LogP contribution in [0.15, 0.2) is 24.3 Å². The van der Waals surface area contributed by atoms with E-state index >= 15 is 0 Å². The fraction of sp³-hybridized carbons (Fsp3) is 0.562. The molecule has 0 radical (unpaired) electrons. The Morgan fingerprint density at radius 3 is 2.84 bits per heavy atom. The fourth-order valence-corrected chi connectivity index (χ4v) is 2.29. The zero-order chi connectivity index (χ0) is 13.8. The van der Waals surface area contributed by atoms with E-state index in [9.17, 15) is 4.79 Å². The molecule has 0 aromatic heterocycles. The molecular weight excluding hydrogens is 236 g/mol. The summed E-state index contributed by atoms with van der Waals surface area (Å²) in [4.78, 5) is 11.9. The van der Waals surface area contributed by atoms with Crippen molar-refractivity contribution in [3.8, 4) is 0 Å². The van der Waals surface area contributed by atoms with Gasteiger partial charge in [-0.2, -0.15) is 0 Å². The van der Waals surface area contributed by atoms with Crippen LogP contribution in [0.5, 0.6) is 0 Å². The molecular formula is C16H24N2O. The lowest BCUT2D eigenvalue weighted by molar-refractivity contribution is -0.117. The quantitative estimate of drug-likeness (QED) is 0.823. The van der Waals surface area contributed by atoms with Crippen LogP contribution in [-0.4, -0.2) is 12.5 Å². The molecule has 104 valence electrons. The molecule has 3 unspecified atom stereocenters. The van der Waals surface area contributed by atoms with E-state index in [1.54, 1.807) is 0 Å². The van der Waals surface area contributed by atoms with Crippen molar-refractivity contribution in [2.45, 2.75) is 39.7 Å². The van der Waals surface area contributed by atoms with Gasteiger partial charge in [-0.05, 0) is 49.9 Å². The van der Waals surface area contributed by atoms with Gasteiger partial charge < -0.3 is 10.6 Å². The molecule has 1 aliphatic carbocycles. The van der Waals surface area contributed by atoms with Gasteiger partial charge in [-0.3, -0.25) is 4.79 Å². The molecule has 3 nitrogen and oxygen atoms in total. The highest BCUT2D eigenvalue weighted by atomic mass is 16.2. The summed E-state index contributed by atoms with van der Waals surface area (Å²) < 4.78 is 0. The summed E-state index contributed by atoms with van der Waals surface area (Å²) in [5, 5.41) is 6.48. The summed E-state index contributed by atoms with van der Waals surface area (Å²) in [7, 11) is 0. The lowest BCUT2D eigenvalue weighted by Crippen LogP contribution is -2.20. The molecule has 2 rings (SSSR count). The predicted molar refractivity (Wildman–Crippen MR) is 79.1 cm³/mol. The van der Waals surface area contributed by atoms with E-state index in [0.29, 0.717) is 12.0 Å². The smallest absolute Gasteiger partial charge is 0.227 e. The number of nitrogens with one attached hydrogen (secondary N) is 2. The Kier molecular flexibility index (Phi) is 4.59. The third kappa shape index (κ3) is 3.80. The number of anilines is 1. The number of rotatable bonds is 6. The maximum Gasteiger partial charge on any atom is 0.227 e. The average Bonchev–Trinajstić information content (AvgIpc) is 3.13. The van der Waals surface area contributed by atoms with Gasteiger partial charge in [0.1, 0.15) is 0 Å². The summed E-state index contributed by atoms with van der Waals surface area (Å²) >= 11 is 0. The van der Waals surface area contributed by atoms with Crippen LogP contribution in [0.2, 0.25) is 0 Å². The molecule has 1 saturated carbocycles. The van der Waals surface area contributed by atoms with Gasteiger partial charge >= 0.3 is 0 Å². The van der Waals surface area contributed by atoms with Gasteiger partial charge in [0.2, 0.25) is 5.91 Å². The van der Waals surface area contributed by atoms with Crippen LogP contribution < -0.4 is 10.6 Å². The first-order valence-electron chi connectivity index (χ1n) is 7.26. The topological polar surface area (TPSA) is 41.1 Å². The summed E-state index contributed by atoms with van der Waals surface area (Å²) in [5.74, 6) is 0.937. The number of hydrogen-bond acceptors (Lipinski definition) is 2.